The summed E-state index contributed by atoms with van der Waals surface area (Å²) in [4.78, 5) is 16.3. The monoisotopic (exact) mass is 243 g/mol. The third-order valence-corrected chi connectivity index (χ3v) is 2.77. The molecular formula is C14H17N3O. The smallest absolute Gasteiger partial charge is 0.202 e. The van der Waals surface area contributed by atoms with E-state index in [1.165, 1.54) is 0 Å². The first-order valence-corrected chi connectivity index (χ1v) is 6.09. The van der Waals surface area contributed by atoms with E-state index in [1.807, 2.05) is 22.9 Å². The molecule has 1 aromatic carbocycles. The highest BCUT2D eigenvalue weighted by Gasteiger charge is 2.12. The van der Waals surface area contributed by atoms with Crippen LogP contribution in [-0.2, 0) is 13.0 Å². The van der Waals surface area contributed by atoms with Gasteiger partial charge in [0.05, 0.1) is 0 Å². The molecule has 4 heteroatoms. The highest BCUT2D eigenvalue weighted by atomic mass is 16.1. The van der Waals surface area contributed by atoms with Gasteiger partial charge in [-0.05, 0) is 24.1 Å². The van der Waals surface area contributed by atoms with Gasteiger partial charge in [0.1, 0.15) is 0 Å². The van der Waals surface area contributed by atoms with E-state index in [0.717, 1.165) is 18.5 Å². The number of ketones is 1. The summed E-state index contributed by atoms with van der Waals surface area (Å²) in [5.41, 5.74) is 7.28. The van der Waals surface area contributed by atoms with Crippen LogP contribution < -0.4 is 5.73 Å². The van der Waals surface area contributed by atoms with Crippen LogP contribution >= 0.6 is 0 Å². The molecule has 2 N–H and O–H groups in total. The van der Waals surface area contributed by atoms with E-state index in [0.29, 0.717) is 17.9 Å². The molecule has 18 heavy (non-hydrogen) atoms. The number of aromatic nitrogens is 2. The van der Waals surface area contributed by atoms with Crippen molar-refractivity contribution in [3.8, 4) is 0 Å². The Labute approximate surface area is 106 Å². The fourth-order valence-electron chi connectivity index (χ4n) is 1.88. The van der Waals surface area contributed by atoms with E-state index in [1.54, 1.807) is 18.3 Å². The van der Waals surface area contributed by atoms with E-state index in [9.17, 15) is 4.79 Å². The minimum absolute atomic E-state index is 0.0400. The van der Waals surface area contributed by atoms with Crippen molar-refractivity contribution >= 4 is 11.5 Å². The molecule has 94 valence electrons. The number of Topliss-reactive ketones (excluding diaryl/α,β-unsaturated/α-hetero) is 1. The van der Waals surface area contributed by atoms with E-state index < -0.39 is 0 Å². The van der Waals surface area contributed by atoms with E-state index in [4.69, 9.17) is 5.73 Å². The molecule has 0 saturated heterocycles. The molecule has 0 fully saturated rings. The van der Waals surface area contributed by atoms with Gasteiger partial charge in [-0.2, -0.15) is 0 Å². The maximum absolute atomic E-state index is 12.1. The van der Waals surface area contributed by atoms with Crippen LogP contribution in [0.15, 0.2) is 36.7 Å². The SMILES string of the molecule is CCCn1ccnc1C(=O)Cc1ccc(N)cc1. The van der Waals surface area contributed by atoms with Crippen molar-refractivity contribution in [3.05, 3.63) is 48.0 Å². The molecule has 0 amide bonds. The summed E-state index contributed by atoms with van der Waals surface area (Å²) in [7, 11) is 0. The number of nitrogens with zero attached hydrogens (tertiary/aromatic N) is 2. The topological polar surface area (TPSA) is 60.9 Å². The number of anilines is 1. The van der Waals surface area contributed by atoms with Gasteiger partial charge in [0.15, 0.2) is 5.82 Å². The quantitative estimate of drug-likeness (QED) is 0.647. The van der Waals surface area contributed by atoms with Gasteiger partial charge >= 0.3 is 0 Å². The van der Waals surface area contributed by atoms with E-state index in [2.05, 4.69) is 11.9 Å². The van der Waals surface area contributed by atoms with E-state index in [-0.39, 0.29) is 5.78 Å². The Hall–Kier alpha value is -2.10. The first-order chi connectivity index (χ1) is 8.70. The van der Waals surface area contributed by atoms with Gasteiger partial charge < -0.3 is 10.3 Å². The second kappa shape index (κ2) is 5.49. The van der Waals surface area contributed by atoms with Gasteiger partial charge in [0, 0.05) is 31.0 Å². The van der Waals surface area contributed by atoms with Crippen molar-refractivity contribution in [2.45, 2.75) is 26.3 Å². The number of nitrogen functional groups attached to an aromatic ring is 1. The van der Waals surface area contributed by atoms with Crippen molar-refractivity contribution in [2.24, 2.45) is 0 Å². The summed E-state index contributed by atoms with van der Waals surface area (Å²) >= 11 is 0. The maximum Gasteiger partial charge on any atom is 0.202 e. The zero-order valence-corrected chi connectivity index (χ0v) is 10.5. The van der Waals surface area contributed by atoms with Crippen LogP contribution in [0.25, 0.3) is 0 Å². The number of rotatable bonds is 5. The highest BCUT2D eigenvalue weighted by Crippen LogP contribution is 2.09. The first-order valence-electron chi connectivity index (χ1n) is 6.09. The van der Waals surface area contributed by atoms with Crippen molar-refractivity contribution in [1.82, 2.24) is 9.55 Å². The largest absolute Gasteiger partial charge is 0.399 e. The van der Waals surface area contributed by atoms with Crippen molar-refractivity contribution < 1.29 is 4.79 Å². The van der Waals surface area contributed by atoms with Gasteiger partial charge in [0.25, 0.3) is 0 Å². The normalized spacial score (nSPS) is 10.5. The lowest BCUT2D eigenvalue weighted by Gasteiger charge is -2.05. The molecule has 0 atom stereocenters. The van der Waals surface area contributed by atoms with Crippen LogP contribution in [0.4, 0.5) is 5.69 Å². The average Bonchev–Trinajstić information content (AvgIpc) is 2.81. The number of nitrogens with two attached hydrogens (primary N) is 1. The molecule has 0 aliphatic heterocycles. The van der Waals surface area contributed by atoms with Gasteiger partial charge in [-0.25, -0.2) is 4.98 Å². The second-order valence-corrected chi connectivity index (χ2v) is 4.29. The number of hydrogen-bond acceptors (Lipinski definition) is 3. The second-order valence-electron chi connectivity index (χ2n) is 4.29. The zero-order chi connectivity index (χ0) is 13.0. The molecule has 0 spiro atoms. The predicted molar refractivity (Wildman–Crippen MR) is 71.4 cm³/mol. The number of carbonyl (C=O) groups is 1. The third kappa shape index (κ3) is 2.77. The molecule has 0 radical (unpaired) electrons. The number of aryl methyl sites for hydroxylation is 1. The van der Waals surface area contributed by atoms with Crippen LogP contribution in [0.2, 0.25) is 0 Å². The summed E-state index contributed by atoms with van der Waals surface area (Å²) in [6.07, 6.45) is 4.87. The van der Waals surface area contributed by atoms with Crippen LogP contribution in [0.3, 0.4) is 0 Å². The molecular weight excluding hydrogens is 226 g/mol. The van der Waals surface area contributed by atoms with Gasteiger partial charge in [-0.3, -0.25) is 4.79 Å². The number of carbonyl (C=O) groups excluding carboxylic acids is 1. The predicted octanol–water partition coefficient (Wildman–Crippen LogP) is 2.30. The fraction of sp³-hybridized carbons (Fsp3) is 0.286. The molecule has 0 aliphatic rings. The van der Waals surface area contributed by atoms with Crippen LogP contribution in [0, 0.1) is 0 Å². The molecule has 2 rings (SSSR count). The minimum Gasteiger partial charge on any atom is -0.399 e. The highest BCUT2D eigenvalue weighted by molar-refractivity contribution is 5.94. The number of imidazole rings is 1. The minimum atomic E-state index is 0.0400. The lowest BCUT2D eigenvalue weighted by Crippen LogP contribution is -2.12. The fourth-order valence-corrected chi connectivity index (χ4v) is 1.88. The van der Waals surface area contributed by atoms with Gasteiger partial charge in [-0.15, -0.1) is 0 Å². The standard InChI is InChI=1S/C14H17N3O/c1-2-8-17-9-7-16-14(17)13(18)10-11-3-5-12(15)6-4-11/h3-7,9H,2,8,10,15H2,1H3. The Morgan fingerprint density at radius 1 is 1.33 bits per heavy atom. The molecule has 0 unspecified atom stereocenters. The lowest BCUT2D eigenvalue weighted by molar-refractivity contribution is 0.0979. The molecule has 2 aromatic rings. The Balaban J connectivity index is 2.11. The van der Waals surface area contributed by atoms with E-state index >= 15 is 0 Å². The van der Waals surface area contributed by atoms with Crippen molar-refractivity contribution in [2.75, 3.05) is 5.73 Å². The first kappa shape index (κ1) is 12.4. The van der Waals surface area contributed by atoms with Crippen LogP contribution in [0.5, 0.6) is 0 Å². The summed E-state index contributed by atoms with van der Waals surface area (Å²) in [5, 5.41) is 0. The van der Waals surface area contributed by atoms with Crippen molar-refractivity contribution in [3.63, 3.8) is 0 Å². The summed E-state index contributed by atoms with van der Waals surface area (Å²) < 4.78 is 1.90. The lowest BCUT2D eigenvalue weighted by atomic mass is 10.1. The molecule has 0 saturated carbocycles. The van der Waals surface area contributed by atoms with Crippen LogP contribution in [0.1, 0.15) is 29.5 Å². The molecule has 0 bridgehead atoms. The molecule has 1 aromatic heterocycles. The Bertz CT molecular complexity index is 528. The molecule has 0 aliphatic carbocycles. The van der Waals surface area contributed by atoms with Gasteiger partial charge in [-0.1, -0.05) is 19.1 Å². The zero-order valence-electron chi connectivity index (χ0n) is 10.5. The van der Waals surface area contributed by atoms with Crippen LogP contribution in [-0.4, -0.2) is 15.3 Å². The molecule has 4 nitrogen and oxygen atoms in total. The molecule has 1 heterocycles. The Kier molecular flexibility index (Phi) is 3.77. The van der Waals surface area contributed by atoms with Gasteiger partial charge in [0.2, 0.25) is 5.78 Å². The number of hydrogen-bond donors (Lipinski definition) is 1. The third-order valence-electron chi connectivity index (χ3n) is 2.77. The van der Waals surface area contributed by atoms with Crippen molar-refractivity contribution in [1.29, 1.82) is 0 Å². The summed E-state index contributed by atoms with van der Waals surface area (Å²) in [5.74, 6) is 0.576. The summed E-state index contributed by atoms with van der Waals surface area (Å²) in [6, 6.07) is 7.36. The number of benzene rings is 1. The Morgan fingerprint density at radius 3 is 2.72 bits per heavy atom. The average molecular weight is 243 g/mol. The maximum atomic E-state index is 12.1. The Morgan fingerprint density at radius 2 is 2.06 bits per heavy atom. The summed E-state index contributed by atoms with van der Waals surface area (Å²) in [6.45, 7) is 2.90.